The van der Waals surface area contributed by atoms with E-state index in [1.807, 2.05) is 18.2 Å². The van der Waals surface area contributed by atoms with E-state index in [-0.39, 0.29) is 17.7 Å². The molecule has 1 saturated heterocycles. The van der Waals surface area contributed by atoms with Gasteiger partial charge in [-0.05, 0) is 58.0 Å². The summed E-state index contributed by atoms with van der Waals surface area (Å²) >= 11 is 8.12. The lowest BCUT2D eigenvalue weighted by Gasteiger charge is -2.26. The third-order valence-electron chi connectivity index (χ3n) is 5.25. The number of halogens is 2. The summed E-state index contributed by atoms with van der Waals surface area (Å²) in [6, 6.07) is 11.1. The first-order chi connectivity index (χ1) is 14.9. The largest absolute Gasteiger partial charge is 0.379 e. The van der Waals surface area contributed by atoms with E-state index in [4.69, 9.17) is 16.3 Å². The summed E-state index contributed by atoms with van der Waals surface area (Å²) in [6.07, 6.45) is 0. The monoisotopic (exact) mass is 552 g/mol. The summed E-state index contributed by atoms with van der Waals surface area (Å²) in [4.78, 5) is 28.2. The molecule has 2 heterocycles. The van der Waals surface area contributed by atoms with Crippen molar-refractivity contribution < 1.29 is 9.53 Å². The summed E-state index contributed by atoms with van der Waals surface area (Å²) in [5.41, 5.74) is 2.18. The van der Waals surface area contributed by atoms with Crippen LogP contribution in [0.4, 0.5) is 0 Å². The summed E-state index contributed by atoms with van der Waals surface area (Å²) in [5, 5.41) is 8.18. The van der Waals surface area contributed by atoms with E-state index in [2.05, 4.69) is 44.0 Å². The van der Waals surface area contributed by atoms with Crippen molar-refractivity contribution in [2.75, 3.05) is 26.3 Å². The average molecular weight is 553 g/mol. The van der Waals surface area contributed by atoms with Crippen LogP contribution in [0.2, 0.25) is 5.02 Å². The van der Waals surface area contributed by atoms with E-state index in [0.717, 1.165) is 39.8 Å². The number of nitrogens with one attached hydrogen (secondary N) is 1. The van der Waals surface area contributed by atoms with Crippen molar-refractivity contribution >= 4 is 51.0 Å². The van der Waals surface area contributed by atoms with E-state index in [9.17, 15) is 9.59 Å². The van der Waals surface area contributed by atoms with Gasteiger partial charge in [0.1, 0.15) is 0 Å². The maximum Gasteiger partial charge on any atom is 0.276 e. The summed E-state index contributed by atoms with van der Waals surface area (Å²) in [5.74, 6) is -0.494. The molecule has 9 heteroatoms. The highest BCUT2D eigenvalue weighted by Gasteiger charge is 2.19. The first-order valence-electron chi connectivity index (χ1n) is 9.94. The van der Waals surface area contributed by atoms with Gasteiger partial charge in [-0.15, -0.1) is 0 Å². The van der Waals surface area contributed by atoms with Crippen LogP contribution in [0.3, 0.4) is 0 Å². The Morgan fingerprint density at radius 1 is 1.19 bits per heavy atom. The number of aromatic nitrogens is 2. The van der Waals surface area contributed by atoms with Crippen molar-refractivity contribution in [1.82, 2.24) is 20.0 Å². The molecule has 31 heavy (non-hydrogen) atoms. The molecule has 0 aliphatic carbocycles. The van der Waals surface area contributed by atoms with Crippen molar-refractivity contribution in [1.29, 1.82) is 0 Å². The molecule has 1 aliphatic rings. The number of carbonyl (C=O) groups excluding carboxylic acids is 1. The third kappa shape index (κ3) is 5.08. The molecule has 0 saturated carbocycles. The van der Waals surface area contributed by atoms with Gasteiger partial charge in [0.15, 0.2) is 5.69 Å². The number of morpholine rings is 1. The lowest BCUT2D eigenvalue weighted by atomic mass is 10.1. The van der Waals surface area contributed by atoms with Crippen molar-refractivity contribution in [3.05, 3.63) is 72.0 Å². The Morgan fingerprint density at radius 3 is 2.61 bits per heavy atom. The van der Waals surface area contributed by atoms with Crippen molar-refractivity contribution in [2.24, 2.45) is 7.05 Å². The second kappa shape index (κ2) is 9.64. The third-order valence-corrected chi connectivity index (χ3v) is 6.32. The normalized spacial score (nSPS) is 14.7. The van der Waals surface area contributed by atoms with E-state index in [1.165, 1.54) is 0 Å². The van der Waals surface area contributed by atoms with Crippen LogP contribution in [0, 0.1) is 3.57 Å². The number of carbonyl (C=O) groups is 1. The Morgan fingerprint density at radius 2 is 1.90 bits per heavy atom. The summed E-state index contributed by atoms with van der Waals surface area (Å²) < 4.78 is 7.95. The van der Waals surface area contributed by atoms with Gasteiger partial charge in [-0.1, -0.05) is 23.7 Å². The average Bonchev–Trinajstić information content (AvgIpc) is 2.76. The number of ether oxygens (including phenoxy) is 1. The standard InChI is InChI=1S/C22H22ClIN4O3/c1-27-20-17(10-15(11-18(20)24)13-28-6-8-31-9-7-28)21(29)19(26-27)22(30)25-12-14-2-4-16(23)5-3-14/h2-5,10-11H,6-9,12-13H2,1H3,(H,25,30). The maximum absolute atomic E-state index is 13.2. The van der Waals surface area contributed by atoms with Gasteiger partial charge in [-0.2, -0.15) is 5.10 Å². The molecule has 1 N–H and O–H groups in total. The van der Waals surface area contributed by atoms with Crippen LogP contribution in [-0.2, 0) is 24.9 Å². The van der Waals surface area contributed by atoms with Gasteiger partial charge in [0.25, 0.3) is 5.91 Å². The number of hydrogen-bond donors (Lipinski definition) is 1. The summed E-state index contributed by atoms with van der Waals surface area (Å²) in [6.45, 7) is 4.18. The molecule has 162 valence electrons. The molecular formula is C22H22ClIN4O3. The Labute approximate surface area is 198 Å². The Kier molecular flexibility index (Phi) is 6.90. The van der Waals surface area contributed by atoms with Gasteiger partial charge in [0.05, 0.1) is 24.1 Å². The minimum absolute atomic E-state index is 0.108. The first-order valence-corrected chi connectivity index (χ1v) is 11.4. The van der Waals surface area contributed by atoms with Gasteiger partial charge in [0, 0.05) is 41.8 Å². The van der Waals surface area contributed by atoms with Crippen LogP contribution in [0.15, 0.2) is 41.2 Å². The fraction of sp³-hybridized carbons (Fsp3) is 0.318. The van der Waals surface area contributed by atoms with Crippen LogP contribution >= 0.6 is 34.2 Å². The SMILES string of the molecule is Cn1nc(C(=O)NCc2ccc(Cl)cc2)c(=O)c2cc(CN3CCOCC3)cc(I)c21. The lowest BCUT2D eigenvalue weighted by Crippen LogP contribution is -2.35. The molecular weight excluding hydrogens is 531 g/mol. The van der Waals surface area contributed by atoms with E-state index >= 15 is 0 Å². The van der Waals surface area contributed by atoms with Crippen LogP contribution in [-0.4, -0.2) is 46.9 Å². The minimum atomic E-state index is -0.494. The zero-order valence-electron chi connectivity index (χ0n) is 17.0. The molecule has 0 atom stereocenters. The number of hydrogen-bond acceptors (Lipinski definition) is 5. The molecule has 1 amide bonds. The predicted octanol–water partition coefficient (Wildman–Crippen LogP) is 2.95. The van der Waals surface area contributed by atoms with Crippen LogP contribution in [0.1, 0.15) is 21.6 Å². The van der Waals surface area contributed by atoms with Gasteiger partial charge < -0.3 is 10.1 Å². The fourth-order valence-corrected chi connectivity index (χ4v) is 4.82. The fourth-order valence-electron chi connectivity index (χ4n) is 3.66. The van der Waals surface area contributed by atoms with Crippen LogP contribution < -0.4 is 10.7 Å². The van der Waals surface area contributed by atoms with Crippen molar-refractivity contribution in [3.8, 4) is 0 Å². The van der Waals surface area contributed by atoms with Crippen LogP contribution in [0.25, 0.3) is 10.9 Å². The molecule has 1 aliphatic heterocycles. The molecule has 0 spiro atoms. The number of nitrogens with zero attached hydrogens (tertiary/aromatic N) is 3. The second-order valence-corrected chi connectivity index (χ2v) is 9.07. The van der Waals surface area contributed by atoms with E-state index in [0.29, 0.717) is 23.6 Å². The molecule has 0 unspecified atom stereocenters. The number of benzene rings is 2. The molecule has 1 aromatic heterocycles. The van der Waals surface area contributed by atoms with Gasteiger partial charge >= 0.3 is 0 Å². The zero-order chi connectivity index (χ0) is 22.0. The quantitative estimate of drug-likeness (QED) is 0.493. The molecule has 4 rings (SSSR count). The Hall–Kier alpha value is -2.01. The maximum atomic E-state index is 13.2. The molecule has 0 radical (unpaired) electrons. The zero-order valence-corrected chi connectivity index (χ0v) is 19.9. The predicted molar refractivity (Wildman–Crippen MR) is 128 cm³/mol. The van der Waals surface area contributed by atoms with E-state index < -0.39 is 5.91 Å². The number of aryl methyl sites for hydroxylation is 1. The molecule has 2 aromatic carbocycles. The van der Waals surface area contributed by atoms with Gasteiger partial charge in [-0.25, -0.2) is 0 Å². The highest BCUT2D eigenvalue weighted by atomic mass is 127. The van der Waals surface area contributed by atoms with Crippen molar-refractivity contribution in [3.63, 3.8) is 0 Å². The minimum Gasteiger partial charge on any atom is -0.379 e. The number of rotatable bonds is 5. The highest BCUT2D eigenvalue weighted by Crippen LogP contribution is 2.21. The highest BCUT2D eigenvalue weighted by molar-refractivity contribution is 14.1. The smallest absolute Gasteiger partial charge is 0.276 e. The molecule has 3 aromatic rings. The van der Waals surface area contributed by atoms with Crippen molar-refractivity contribution in [2.45, 2.75) is 13.1 Å². The Balaban J connectivity index is 1.62. The molecule has 1 fully saturated rings. The van der Waals surface area contributed by atoms with Gasteiger partial charge in [0.2, 0.25) is 5.43 Å². The molecule has 7 nitrogen and oxygen atoms in total. The first kappa shape index (κ1) is 22.2. The number of amides is 1. The lowest BCUT2D eigenvalue weighted by molar-refractivity contribution is 0.0342. The second-order valence-electron chi connectivity index (χ2n) is 7.47. The summed E-state index contributed by atoms with van der Waals surface area (Å²) in [7, 11) is 1.75. The number of fused-ring (bicyclic) bond motifs is 1. The van der Waals surface area contributed by atoms with Crippen LogP contribution in [0.5, 0.6) is 0 Å². The topological polar surface area (TPSA) is 76.5 Å². The Bertz CT molecular complexity index is 1170. The van der Waals surface area contributed by atoms with E-state index in [1.54, 1.807) is 23.9 Å². The molecule has 0 bridgehead atoms. The van der Waals surface area contributed by atoms with Gasteiger partial charge in [-0.3, -0.25) is 19.2 Å².